The van der Waals surface area contributed by atoms with Crippen molar-refractivity contribution in [2.24, 2.45) is 5.73 Å². The number of hydrogen-bond donors (Lipinski definition) is 1. The molecule has 15 heavy (non-hydrogen) atoms. The summed E-state index contributed by atoms with van der Waals surface area (Å²) < 4.78 is 5.33. The van der Waals surface area contributed by atoms with Crippen molar-refractivity contribution >= 4 is 17.7 Å². The van der Waals surface area contributed by atoms with Gasteiger partial charge in [-0.15, -0.1) is 0 Å². The van der Waals surface area contributed by atoms with E-state index in [0.29, 0.717) is 6.54 Å². The van der Waals surface area contributed by atoms with Gasteiger partial charge in [-0.1, -0.05) is 23.8 Å². The second-order valence-electron chi connectivity index (χ2n) is 3.39. The van der Waals surface area contributed by atoms with Crippen LogP contribution in [0.4, 0.5) is 0 Å². The molecule has 0 atom stereocenters. The molecule has 0 heterocycles. The minimum absolute atomic E-state index is 0.518. The third kappa shape index (κ3) is 2.52. The van der Waals surface area contributed by atoms with Crippen molar-refractivity contribution in [2.45, 2.75) is 13.8 Å². The number of nitrogens with two attached hydrogens (primary N) is 1. The highest BCUT2D eigenvalue weighted by molar-refractivity contribution is 6.32. The molecule has 0 aliphatic heterocycles. The molecule has 0 amide bonds. The molecule has 0 fully saturated rings. The van der Waals surface area contributed by atoms with Crippen molar-refractivity contribution in [3.05, 3.63) is 33.9 Å². The third-order valence-corrected chi connectivity index (χ3v) is 2.87. The van der Waals surface area contributed by atoms with Gasteiger partial charge in [-0.2, -0.15) is 0 Å². The van der Waals surface area contributed by atoms with Gasteiger partial charge in [-0.3, -0.25) is 0 Å². The van der Waals surface area contributed by atoms with Crippen LogP contribution in [-0.4, -0.2) is 13.7 Å². The van der Waals surface area contributed by atoms with E-state index in [1.165, 1.54) is 0 Å². The molecule has 1 aromatic rings. The molecule has 0 aliphatic rings. The van der Waals surface area contributed by atoms with Crippen molar-refractivity contribution < 1.29 is 4.74 Å². The monoisotopic (exact) mass is 225 g/mol. The second kappa shape index (κ2) is 5.19. The topological polar surface area (TPSA) is 35.2 Å². The zero-order valence-electron chi connectivity index (χ0n) is 9.30. The van der Waals surface area contributed by atoms with Crippen LogP contribution in [0.2, 0.25) is 5.02 Å². The lowest BCUT2D eigenvalue weighted by Crippen LogP contribution is -1.96. The van der Waals surface area contributed by atoms with Gasteiger partial charge in [0.15, 0.2) is 0 Å². The van der Waals surface area contributed by atoms with E-state index in [9.17, 15) is 0 Å². The van der Waals surface area contributed by atoms with Gasteiger partial charge in [-0.05, 0) is 25.5 Å². The number of methoxy groups -OCH3 is 1. The molecular formula is C12H16ClNO. The van der Waals surface area contributed by atoms with Crippen LogP contribution in [-0.2, 0) is 0 Å². The Hall–Kier alpha value is -0.990. The summed E-state index contributed by atoms with van der Waals surface area (Å²) in [5.41, 5.74) is 8.45. The van der Waals surface area contributed by atoms with Gasteiger partial charge < -0.3 is 10.5 Å². The Kier molecular flexibility index (Phi) is 4.18. The molecule has 2 nitrogen and oxygen atoms in total. The van der Waals surface area contributed by atoms with Crippen LogP contribution < -0.4 is 10.5 Å². The molecule has 0 unspecified atom stereocenters. The lowest BCUT2D eigenvalue weighted by Gasteiger charge is -2.12. The minimum atomic E-state index is 0.518. The first-order chi connectivity index (χ1) is 7.11. The predicted octanol–water partition coefficient (Wildman–Crippen LogP) is 2.94. The Morgan fingerprint density at radius 3 is 2.67 bits per heavy atom. The van der Waals surface area contributed by atoms with E-state index >= 15 is 0 Å². The molecule has 0 radical (unpaired) electrons. The van der Waals surface area contributed by atoms with Crippen LogP contribution in [0.5, 0.6) is 5.75 Å². The van der Waals surface area contributed by atoms with Gasteiger partial charge in [0.1, 0.15) is 5.75 Å². The number of benzene rings is 1. The lowest BCUT2D eigenvalue weighted by atomic mass is 10.0. The standard InChI is InChI=1S/C12H16ClNO/c1-8-7-10(5-4-6-14)12(15-3)9(2)11(8)13/h4-5,7H,6,14H2,1-3H3/b5-4+. The molecule has 3 heteroatoms. The smallest absolute Gasteiger partial charge is 0.130 e. The highest BCUT2D eigenvalue weighted by Crippen LogP contribution is 2.33. The second-order valence-corrected chi connectivity index (χ2v) is 3.77. The van der Waals surface area contributed by atoms with Gasteiger partial charge in [0.2, 0.25) is 0 Å². The predicted molar refractivity (Wildman–Crippen MR) is 65.6 cm³/mol. The van der Waals surface area contributed by atoms with Gasteiger partial charge >= 0.3 is 0 Å². The maximum Gasteiger partial charge on any atom is 0.130 e. The van der Waals surface area contributed by atoms with Crippen molar-refractivity contribution in [1.82, 2.24) is 0 Å². The Morgan fingerprint density at radius 1 is 1.47 bits per heavy atom. The highest BCUT2D eigenvalue weighted by atomic mass is 35.5. The van der Waals surface area contributed by atoms with Gasteiger partial charge in [0.05, 0.1) is 12.1 Å². The lowest BCUT2D eigenvalue weighted by molar-refractivity contribution is 0.410. The fourth-order valence-corrected chi connectivity index (χ4v) is 1.70. The van der Waals surface area contributed by atoms with E-state index in [-0.39, 0.29) is 0 Å². The van der Waals surface area contributed by atoms with Crippen LogP contribution >= 0.6 is 11.6 Å². The number of ether oxygens (including phenoxy) is 1. The molecule has 2 N–H and O–H groups in total. The fourth-order valence-electron chi connectivity index (χ4n) is 1.56. The molecule has 0 saturated carbocycles. The van der Waals surface area contributed by atoms with E-state index in [1.807, 2.05) is 32.1 Å². The van der Waals surface area contributed by atoms with Crippen LogP contribution in [0.1, 0.15) is 16.7 Å². The quantitative estimate of drug-likeness (QED) is 0.859. The maximum atomic E-state index is 6.14. The summed E-state index contributed by atoms with van der Waals surface area (Å²) in [5.74, 6) is 0.815. The summed E-state index contributed by atoms with van der Waals surface area (Å²) >= 11 is 6.14. The summed E-state index contributed by atoms with van der Waals surface area (Å²) in [5, 5.41) is 0.761. The first-order valence-electron chi connectivity index (χ1n) is 4.82. The molecule has 0 aromatic heterocycles. The Balaban J connectivity index is 3.31. The van der Waals surface area contributed by atoms with Gasteiger partial charge in [0.25, 0.3) is 0 Å². The minimum Gasteiger partial charge on any atom is -0.496 e. The molecule has 0 spiro atoms. The summed E-state index contributed by atoms with van der Waals surface area (Å²) in [6.07, 6.45) is 3.85. The average Bonchev–Trinajstić information content (AvgIpc) is 2.23. The number of aryl methyl sites for hydroxylation is 1. The highest BCUT2D eigenvalue weighted by Gasteiger charge is 2.10. The number of rotatable bonds is 3. The molecule has 0 bridgehead atoms. The summed E-state index contributed by atoms with van der Waals surface area (Å²) in [4.78, 5) is 0. The third-order valence-electron chi connectivity index (χ3n) is 2.29. The Morgan fingerprint density at radius 2 is 2.13 bits per heavy atom. The first-order valence-corrected chi connectivity index (χ1v) is 5.20. The normalized spacial score (nSPS) is 11.0. The van der Waals surface area contributed by atoms with Crippen molar-refractivity contribution in [3.8, 4) is 5.75 Å². The molecule has 82 valence electrons. The first kappa shape index (κ1) is 12.1. The van der Waals surface area contributed by atoms with Crippen LogP contribution in [0.3, 0.4) is 0 Å². The molecule has 0 aliphatic carbocycles. The van der Waals surface area contributed by atoms with E-state index in [2.05, 4.69) is 0 Å². The molecule has 1 rings (SSSR count). The summed E-state index contributed by atoms with van der Waals surface area (Å²) in [6.45, 7) is 4.45. The maximum absolute atomic E-state index is 6.14. The Bertz CT molecular complexity index is 386. The summed E-state index contributed by atoms with van der Waals surface area (Å²) in [7, 11) is 1.65. The zero-order chi connectivity index (χ0) is 11.4. The average molecular weight is 226 g/mol. The van der Waals surface area contributed by atoms with E-state index < -0.39 is 0 Å². The fraction of sp³-hybridized carbons (Fsp3) is 0.333. The van der Waals surface area contributed by atoms with Crippen molar-refractivity contribution in [3.63, 3.8) is 0 Å². The zero-order valence-corrected chi connectivity index (χ0v) is 10.1. The van der Waals surface area contributed by atoms with Crippen LogP contribution in [0, 0.1) is 13.8 Å². The largest absolute Gasteiger partial charge is 0.496 e. The molecule has 0 saturated heterocycles. The summed E-state index contributed by atoms with van der Waals surface area (Å²) in [6, 6.07) is 2.00. The van der Waals surface area contributed by atoms with Crippen molar-refractivity contribution in [2.75, 3.05) is 13.7 Å². The number of halogens is 1. The molecular weight excluding hydrogens is 210 g/mol. The molecule has 1 aromatic carbocycles. The van der Waals surface area contributed by atoms with Crippen molar-refractivity contribution in [1.29, 1.82) is 0 Å². The van der Waals surface area contributed by atoms with E-state index in [1.54, 1.807) is 7.11 Å². The van der Waals surface area contributed by atoms with E-state index in [4.69, 9.17) is 22.1 Å². The SMILES string of the molecule is COc1c(/C=C/CN)cc(C)c(Cl)c1C. The van der Waals surface area contributed by atoms with Crippen LogP contribution in [0.15, 0.2) is 12.1 Å². The van der Waals surface area contributed by atoms with E-state index in [0.717, 1.165) is 27.5 Å². The Labute approximate surface area is 95.7 Å². The van der Waals surface area contributed by atoms with Gasteiger partial charge in [-0.25, -0.2) is 0 Å². The number of hydrogen-bond acceptors (Lipinski definition) is 2. The van der Waals surface area contributed by atoms with Gasteiger partial charge in [0, 0.05) is 17.7 Å². The van der Waals surface area contributed by atoms with Crippen LogP contribution in [0.25, 0.3) is 6.08 Å².